The molecule has 176 valence electrons. The zero-order valence-electron chi connectivity index (χ0n) is 19.4. The Balaban J connectivity index is 1.78. The number of pyridine rings is 1. The number of anilines is 2. The first kappa shape index (κ1) is 22.0. The van der Waals surface area contributed by atoms with Crippen molar-refractivity contribution in [3.63, 3.8) is 0 Å². The molecule has 1 saturated heterocycles. The van der Waals surface area contributed by atoms with Crippen molar-refractivity contribution in [3.05, 3.63) is 46.6 Å². The second-order valence-corrected chi connectivity index (χ2v) is 8.49. The minimum atomic E-state index is -0.343. The van der Waals surface area contributed by atoms with E-state index in [1.165, 1.54) is 12.1 Å². The molecule has 1 fully saturated rings. The summed E-state index contributed by atoms with van der Waals surface area (Å²) in [7, 11) is 1.76. The molecule has 1 aliphatic heterocycles. The summed E-state index contributed by atoms with van der Waals surface area (Å²) in [6.07, 6.45) is 5.41. The molecule has 4 aromatic rings. The van der Waals surface area contributed by atoms with Crippen LogP contribution in [0.2, 0.25) is 0 Å². The van der Waals surface area contributed by atoms with Crippen LogP contribution in [0.4, 0.5) is 15.9 Å². The molecule has 34 heavy (non-hydrogen) atoms. The van der Waals surface area contributed by atoms with Crippen molar-refractivity contribution in [2.24, 2.45) is 5.18 Å². The number of halogens is 1. The van der Waals surface area contributed by atoms with Crippen molar-refractivity contribution in [3.8, 4) is 11.6 Å². The number of aromatic amines is 1. The number of hydrogen-bond donors (Lipinski definition) is 2. The second kappa shape index (κ2) is 8.85. The van der Waals surface area contributed by atoms with Crippen LogP contribution in [-0.2, 0) is 6.42 Å². The molecule has 10 heteroatoms. The molecule has 0 saturated carbocycles. The second-order valence-electron chi connectivity index (χ2n) is 8.49. The highest BCUT2D eigenvalue weighted by molar-refractivity contribution is 6.16. The van der Waals surface area contributed by atoms with E-state index in [0.717, 1.165) is 40.2 Å². The van der Waals surface area contributed by atoms with Crippen LogP contribution >= 0.6 is 0 Å². The van der Waals surface area contributed by atoms with Gasteiger partial charge in [0.05, 0.1) is 34.5 Å². The average Bonchev–Trinajstić information content (AvgIpc) is 3.23. The summed E-state index contributed by atoms with van der Waals surface area (Å²) >= 11 is 0. The van der Waals surface area contributed by atoms with Crippen molar-refractivity contribution in [2.45, 2.75) is 39.2 Å². The van der Waals surface area contributed by atoms with Gasteiger partial charge in [0.2, 0.25) is 5.88 Å². The first-order chi connectivity index (χ1) is 16.5. The molecule has 0 spiro atoms. The van der Waals surface area contributed by atoms with Crippen LogP contribution in [0.25, 0.3) is 21.8 Å². The minimum Gasteiger partial charge on any atom is -0.435 e. The Hall–Kier alpha value is -3.82. The van der Waals surface area contributed by atoms with Crippen LogP contribution in [0.1, 0.15) is 31.2 Å². The van der Waals surface area contributed by atoms with Crippen LogP contribution < -0.4 is 15.0 Å². The van der Waals surface area contributed by atoms with Gasteiger partial charge in [-0.3, -0.25) is 0 Å². The number of fused-ring (bicyclic) bond motifs is 3. The molecule has 3 aromatic heterocycles. The van der Waals surface area contributed by atoms with E-state index in [2.05, 4.69) is 25.4 Å². The first-order valence-corrected chi connectivity index (χ1v) is 11.4. The fourth-order valence-electron chi connectivity index (χ4n) is 4.66. The highest BCUT2D eigenvalue weighted by Crippen LogP contribution is 2.42. The van der Waals surface area contributed by atoms with Crippen LogP contribution in [0.3, 0.4) is 0 Å². The van der Waals surface area contributed by atoms with Gasteiger partial charge in [0.1, 0.15) is 23.5 Å². The Bertz CT molecular complexity index is 1370. The lowest BCUT2D eigenvalue weighted by atomic mass is 10.0. The number of hydrogen-bond acceptors (Lipinski definition) is 8. The van der Waals surface area contributed by atoms with Gasteiger partial charge in [-0.25, -0.2) is 14.4 Å². The number of rotatable bonds is 6. The van der Waals surface area contributed by atoms with Gasteiger partial charge in [-0.2, -0.15) is 9.89 Å². The third-order valence-corrected chi connectivity index (χ3v) is 6.30. The zero-order chi connectivity index (χ0) is 23.8. The molecule has 0 aliphatic carbocycles. The van der Waals surface area contributed by atoms with Crippen LogP contribution in [0.5, 0.6) is 11.6 Å². The number of H-pyrrole nitrogens is 1. The summed E-state index contributed by atoms with van der Waals surface area (Å²) in [5.74, 6) is 1.84. The normalized spacial score (nSPS) is 16.2. The molecule has 2 N–H and O–H groups in total. The first-order valence-electron chi connectivity index (χ1n) is 11.4. The van der Waals surface area contributed by atoms with Crippen molar-refractivity contribution in [2.75, 3.05) is 30.4 Å². The van der Waals surface area contributed by atoms with E-state index < -0.39 is 0 Å². The van der Waals surface area contributed by atoms with Gasteiger partial charge in [-0.1, -0.05) is 12.1 Å². The van der Waals surface area contributed by atoms with Gasteiger partial charge in [0.15, 0.2) is 5.75 Å². The van der Waals surface area contributed by atoms with E-state index in [9.17, 15) is 9.30 Å². The van der Waals surface area contributed by atoms with Crippen LogP contribution in [0, 0.1) is 17.6 Å². The van der Waals surface area contributed by atoms with Gasteiger partial charge in [-0.15, -0.1) is 0 Å². The maximum absolute atomic E-state index is 14.6. The fraction of sp³-hybridized carbons (Fsp3) is 0.375. The monoisotopic (exact) mass is 463 g/mol. The molecule has 5 rings (SSSR count). The third kappa shape index (κ3) is 3.78. The molecule has 1 atom stereocenters. The van der Waals surface area contributed by atoms with E-state index in [1.807, 2.05) is 11.8 Å². The fourth-order valence-corrected chi connectivity index (χ4v) is 4.66. The number of aryl methyl sites for hydroxylation is 2. The Morgan fingerprint density at radius 2 is 2.09 bits per heavy atom. The Labute approximate surface area is 195 Å². The van der Waals surface area contributed by atoms with E-state index in [1.54, 1.807) is 26.4 Å². The zero-order valence-corrected chi connectivity index (χ0v) is 19.4. The lowest BCUT2D eigenvalue weighted by Gasteiger charge is -2.31. The van der Waals surface area contributed by atoms with Crippen LogP contribution in [-0.4, -0.2) is 46.1 Å². The lowest BCUT2D eigenvalue weighted by Crippen LogP contribution is -2.38. The number of piperidine rings is 1. The number of nitrogens with zero attached hydrogens (tertiary/aromatic N) is 5. The highest BCUT2D eigenvalue weighted by Gasteiger charge is 2.28. The van der Waals surface area contributed by atoms with E-state index in [4.69, 9.17) is 9.72 Å². The minimum absolute atomic E-state index is 0.318. The van der Waals surface area contributed by atoms with Crippen molar-refractivity contribution in [1.29, 1.82) is 0 Å². The highest BCUT2D eigenvalue weighted by atomic mass is 19.1. The predicted octanol–water partition coefficient (Wildman–Crippen LogP) is 5.09. The summed E-state index contributed by atoms with van der Waals surface area (Å²) in [6, 6.07) is 2.67. The molecular formula is C24H26FN7O2. The summed E-state index contributed by atoms with van der Waals surface area (Å²) in [5.41, 5.74) is 3.13. The summed E-state index contributed by atoms with van der Waals surface area (Å²) in [6.45, 7) is 4.99. The van der Waals surface area contributed by atoms with E-state index >= 15 is 0 Å². The Morgan fingerprint density at radius 1 is 1.29 bits per heavy atom. The maximum atomic E-state index is 14.6. The smallest absolute Gasteiger partial charge is 0.226 e. The molecule has 1 aliphatic rings. The molecule has 9 nitrogen and oxygen atoms in total. The van der Waals surface area contributed by atoms with E-state index in [0.29, 0.717) is 48.5 Å². The molecule has 0 amide bonds. The van der Waals surface area contributed by atoms with Gasteiger partial charge in [-0.05, 0) is 38.3 Å². The number of ether oxygens (including phenoxy) is 1. The summed E-state index contributed by atoms with van der Waals surface area (Å²) in [5, 5.41) is 7.89. The lowest BCUT2D eigenvalue weighted by molar-refractivity contribution is 0.450. The molecule has 0 bridgehead atoms. The predicted molar refractivity (Wildman–Crippen MR) is 130 cm³/mol. The summed E-state index contributed by atoms with van der Waals surface area (Å²) < 4.78 is 20.7. The Morgan fingerprint density at radius 3 is 2.79 bits per heavy atom. The molecule has 4 heterocycles. The number of benzene rings is 1. The molecule has 1 aromatic carbocycles. The molecule has 0 radical (unpaired) electrons. The van der Waals surface area contributed by atoms with Gasteiger partial charge >= 0.3 is 0 Å². The maximum Gasteiger partial charge on any atom is 0.226 e. The van der Waals surface area contributed by atoms with Crippen molar-refractivity contribution in [1.82, 2.24) is 19.9 Å². The van der Waals surface area contributed by atoms with Gasteiger partial charge in [0.25, 0.3) is 0 Å². The largest absolute Gasteiger partial charge is 0.435 e. The number of aromatic nitrogens is 4. The standard InChI is InChI=1S/C24H26FN7O2/c1-4-17-22-20(18-8-14(25)9-19(26-3)21(18)29-22)23(32-7-5-6-15(12-32)31-33)30-24(17)34-16-10-27-13(2)28-11-16/h8-11,15,26,29H,4-7,12H2,1-3H3. The molecular weight excluding hydrogens is 437 g/mol. The quantitative estimate of drug-likeness (QED) is 0.384. The van der Waals surface area contributed by atoms with Crippen molar-refractivity contribution < 1.29 is 9.13 Å². The Kier molecular flexibility index (Phi) is 5.72. The van der Waals surface area contributed by atoms with Crippen LogP contribution in [0.15, 0.2) is 29.7 Å². The molecule has 1 unspecified atom stereocenters. The van der Waals surface area contributed by atoms with E-state index in [-0.39, 0.29) is 11.9 Å². The van der Waals surface area contributed by atoms with Crippen molar-refractivity contribution >= 4 is 33.3 Å². The number of nitroso groups, excluding NO2 is 1. The summed E-state index contributed by atoms with van der Waals surface area (Å²) in [4.78, 5) is 30.2. The average molecular weight is 464 g/mol. The topological polar surface area (TPSA) is 108 Å². The third-order valence-electron chi connectivity index (χ3n) is 6.30. The van der Waals surface area contributed by atoms with Gasteiger partial charge in [0, 0.05) is 31.1 Å². The van der Waals surface area contributed by atoms with Gasteiger partial charge < -0.3 is 19.9 Å². The number of nitrogens with one attached hydrogen (secondary N) is 2. The SMILES string of the molecule is CCc1c(Oc2cnc(C)nc2)nc(N2CCCC(N=O)C2)c2c1[nH]c1c(NC)cc(F)cc12.